The van der Waals surface area contributed by atoms with Gasteiger partial charge in [-0.25, -0.2) is 0 Å². The predicted octanol–water partition coefficient (Wildman–Crippen LogP) is 5.49. The summed E-state index contributed by atoms with van der Waals surface area (Å²) >= 11 is 13.4. The molecule has 35 heavy (non-hydrogen) atoms. The number of hydrogen-bond acceptors (Lipinski definition) is 6. The van der Waals surface area contributed by atoms with E-state index in [1.54, 1.807) is 35.9 Å². The van der Waals surface area contributed by atoms with Crippen LogP contribution in [-0.4, -0.2) is 39.3 Å². The fraction of sp³-hybridized carbons (Fsp3) is 0.120. The van der Waals surface area contributed by atoms with Crippen LogP contribution < -0.4 is 10.1 Å². The van der Waals surface area contributed by atoms with Gasteiger partial charge in [-0.1, -0.05) is 77.4 Å². The summed E-state index contributed by atoms with van der Waals surface area (Å²) in [4.78, 5) is 25.4. The number of benzene rings is 3. The molecule has 0 saturated heterocycles. The number of para-hydroxylation sites is 2. The Kier molecular flexibility index (Phi) is 8.07. The number of ether oxygens (including phenoxy) is 1. The zero-order valence-corrected chi connectivity index (χ0v) is 20.9. The zero-order chi connectivity index (χ0) is 24.8. The summed E-state index contributed by atoms with van der Waals surface area (Å²) in [5.74, 6) is 0.780. The van der Waals surface area contributed by atoms with Crippen molar-refractivity contribution < 1.29 is 14.3 Å². The van der Waals surface area contributed by atoms with Crippen LogP contribution in [0.2, 0.25) is 10.0 Å². The number of halogens is 2. The number of nitrogens with zero attached hydrogens (tertiary/aromatic N) is 3. The molecule has 0 aliphatic heterocycles. The number of amides is 1. The van der Waals surface area contributed by atoms with Gasteiger partial charge >= 0.3 is 0 Å². The first-order valence-electron chi connectivity index (χ1n) is 10.5. The highest BCUT2D eigenvalue weighted by atomic mass is 35.5. The van der Waals surface area contributed by atoms with E-state index < -0.39 is 5.91 Å². The van der Waals surface area contributed by atoms with Crippen LogP contribution in [0.1, 0.15) is 26.5 Å². The average Bonchev–Trinajstić information content (AvgIpc) is 3.30. The standard InChI is InChI=1S/C25H20Cl2N4O3S/c1-34-22-10-6-5-9-20(22)31-23(14-28-24(33)18-13-17(26)11-12-19(18)27)29-30-25(31)35-15-21(32)16-7-3-2-4-8-16/h2-13H,14-15H2,1H3,(H,28,33). The number of ketones is 1. The fourth-order valence-corrected chi connectivity index (χ4v) is 4.56. The van der Waals surface area contributed by atoms with E-state index in [2.05, 4.69) is 15.5 Å². The second-order valence-electron chi connectivity index (χ2n) is 7.29. The lowest BCUT2D eigenvalue weighted by Crippen LogP contribution is -2.25. The smallest absolute Gasteiger partial charge is 0.253 e. The highest BCUT2D eigenvalue weighted by Gasteiger charge is 2.20. The molecule has 0 aliphatic rings. The van der Waals surface area contributed by atoms with Crippen LogP contribution in [0.5, 0.6) is 5.75 Å². The van der Waals surface area contributed by atoms with Gasteiger partial charge in [-0.15, -0.1) is 10.2 Å². The van der Waals surface area contributed by atoms with E-state index in [-0.39, 0.29) is 28.7 Å². The first kappa shape index (κ1) is 24.8. The number of aromatic nitrogens is 3. The molecule has 0 spiro atoms. The summed E-state index contributed by atoms with van der Waals surface area (Å²) in [5.41, 5.74) is 1.56. The largest absolute Gasteiger partial charge is 0.495 e. The van der Waals surface area contributed by atoms with E-state index >= 15 is 0 Å². The molecule has 7 nitrogen and oxygen atoms in total. The fourth-order valence-electron chi connectivity index (χ4n) is 3.33. The molecule has 1 heterocycles. The first-order chi connectivity index (χ1) is 17.0. The molecule has 0 bridgehead atoms. The SMILES string of the molecule is COc1ccccc1-n1c(CNC(=O)c2cc(Cl)ccc2Cl)nnc1SCC(=O)c1ccccc1. The van der Waals surface area contributed by atoms with Crippen LogP contribution in [0.25, 0.3) is 5.69 Å². The van der Waals surface area contributed by atoms with Gasteiger partial charge in [0.2, 0.25) is 0 Å². The number of rotatable bonds is 9. The van der Waals surface area contributed by atoms with Crippen molar-refractivity contribution in [3.8, 4) is 11.4 Å². The Hall–Kier alpha value is -3.33. The Morgan fingerprint density at radius 2 is 1.74 bits per heavy atom. The highest BCUT2D eigenvalue weighted by Crippen LogP contribution is 2.29. The lowest BCUT2D eigenvalue weighted by atomic mass is 10.2. The monoisotopic (exact) mass is 526 g/mol. The topological polar surface area (TPSA) is 86.1 Å². The number of Topliss-reactive ketones (excluding diaryl/α,β-unsaturated/α-hetero) is 1. The Morgan fingerprint density at radius 3 is 2.51 bits per heavy atom. The molecular formula is C25H20Cl2N4O3S. The Bertz CT molecular complexity index is 1360. The summed E-state index contributed by atoms with van der Waals surface area (Å²) in [6.45, 7) is 0.0555. The molecule has 1 aromatic heterocycles. The van der Waals surface area contributed by atoms with Crippen molar-refractivity contribution in [2.75, 3.05) is 12.9 Å². The number of carbonyl (C=O) groups is 2. The van der Waals surface area contributed by atoms with Crippen molar-refractivity contribution in [2.24, 2.45) is 0 Å². The van der Waals surface area contributed by atoms with Crippen LogP contribution in [-0.2, 0) is 6.54 Å². The van der Waals surface area contributed by atoms with Crippen molar-refractivity contribution in [1.29, 1.82) is 0 Å². The van der Waals surface area contributed by atoms with Crippen LogP contribution in [0, 0.1) is 0 Å². The van der Waals surface area contributed by atoms with Gasteiger partial charge in [-0.2, -0.15) is 0 Å². The minimum atomic E-state index is -0.402. The van der Waals surface area contributed by atoms with Gasteiger partial charge in [0.1, 0.15) is 5.75 Å². The molecule has 0 unspecified atom stereocenters. The number of hydrogen-bond donors (Lipinski definition) is 1. The molecule has 10 heteroatoms. The second kappa shape index (κ2) is 11.4. The molecule has 0 atom stereocenters. The minimum absolute atomic E-state index is 0.0318. The third kappa shape index (κ3) is 5.85. The first-order valence-corrected chi connectivity index (χ1v) is 12.2. The molecule has 0 saturated carbocycles. The van der Waals surface area contributed by atoms with Crippen molar-refractivity contribution in [3.63, 3.8) is 0 Å². The molecule has 0 aliphatic carbocycles. The number of nitrogens with one attached hydrogen (secondary N) is 1. The van der Waals surface area contributed by atoms with Gasteiger partial charge in [-0.05, 0) is 30.3 Å². The molecule has 4 rings (SSSR count). The van der Waals surface area contributed by atoms with Crippen LogP contribution in [0.4, 0.5) is 0 Å². The van der Waals surface area contributed by atoms with Gasteiger partial charge in [0, 0.05) is 10.6 Å². The van der Waals surface area contributed by atoms with Gasteiger partial charge in [0.25, 0.3) is 5.91 Å². The Labute approximate surface area is 216 Å². The molecule has 4 aromatic rings. The van der Waals surface area contributed by atoms with Crippen molar-refractivity contribution in [3.05, 3.63) is 99.8 Å². The normalized spacial score (nSPS) is 10.7. The summed E-state index contributed by atoms with van der Waals surface area (Å²) in [7, 11) is 1.57. The minimum Gasteiger partial charge on any atom is -0.495 e. The van der Waals surface area contributed by atoms with Crippen molar-refractivity contribution in [2.45, 2.75) is 11.7 Å². The maximum absolute atomic E-state index is 12.8. The number of thioether (sulfide) groups is 1. The van der Waals surface area contributed by atoms with Crippen molar-refractivity contribution in [1.82, 2.24) is 20.1 Å². The molecular weight excluding hydrogens is 507 g/mol. The molecule has 0 radical (unpaired) electrons. The molecule has 3 aromatic carbocycles. The molecule has 1 amide bonds. The van der Waals surface area contributed by atoms with E-state index in [0.29, 0.717) is 33.0 Å². The second-order valence-corrected chi connectivity index (χ2v) is 9.08. The van der Waals surface area contributed by atoms with Gasteiger partial charge in [-0.3, -0.25) is 14.2 Å². The third-order valence-electron chi connectivity index (χ3n) is 5.03. The molecule has 1 N–H and O–H groups in total. The van der Waals surface area contributed by atoms with Crippen LogP contribution in [0.15, 0.2) is 78.0 Å². The molecule has 0 fully saturated rings. The van der Waals surface area contributed by atoms with Crippen LogP contribution in [0.3, 0.4) is 0 Å². The summed E-state index contributed by atoms with van der Waals surface area (Å²) in [6.07, 6.45) is 0. The van der Waals surface area contributed by atoms with E-state index in [4.69, 9.17) is 27.9 Å². The quantitative estimate of drug-likeness (QED) is 0.229. The van der Waals surface area contributed by atoms with Gasteiger partial charge in [0.05, 0.1) is 35.7 Å². The van der Waals surface area contributed by atoms with Crippen LogP contribution >= 0.6 is 35.0 Å². The average molecular weight is 527 g/mol. The van der Waals surface area contributed by atoms with E-state index in [1.807, 2.05) is 42.5 Å². The predicted molar refractivity (Wildman–Crippen MR) is 137 cm³/mol. The Morgan fingerprint density at radius 1 is 1.00 bits per heavy atom. The maximum atomic E-state index is 12.8. The maximum Gasteiger partial charge on any atom is 0.253 e. The third-order valence-corrected chi connectivity index (χ3v) is 6.53. The summed E-state index contributed by atoms with van der Waals surface area (Å²) in [5, 5.41) is 12.6. The van der Waals surface area contributed by atoms with Gasteiger partial charge < -0.3 is 10.1 Å². The van der Waals surface area contributed by atoms with Gasteiger partial charge in [0.15, 0.2) is 16.8 Å². The summed E-state index contributed by atoms with van der Waals surface area (Å²) in [6, 6.07) is 21.1. The van der Waals surface area contributed by atoms with Crippen molar-refractivity contribution >= 4 is 46.7 Å². The lowest BCUT2D eigenvalue weighted by Gasteiger charge is -2.14. The number of carbonyl (C=O) groups excluding carboxylic acids is 2. The van der Waals surface area contributed by atoms with E-state index in [1.165, 1.54) is 17.8 Å². The lowest BCUT2D eigenvalue weighted by molar-refractivity contribution is 0.0949. The number of methoxy groups -OCH3 is 1. The molecule has 178 valence electrons. The van der Waals surface area contributed by atoms with E-state index in [9.17, 15) is 9.59 Å². The summed E-state index contributed by atoms with van der Waals surface area (Å²) < 4.78 is 7.29. The highest BCUT2D eigenvalue weighted by molar-refractivity contribution is 7.99. The van der Waals surface area contributed by atoms with E-state index in [0.717, 1.165) is 0 Å². The Balaban J connectivity index is 1.60. The zero-order valence-electron chi connectivity index (χ0n) is 18.6.